The normalized spacial score (nSPS) is 18.8. The lowest BCUT2D eigenvalue weighted by molar-refractivity contribution is -0.139. The second-order valence-electron chi connectivity index (χ2n) is 10.1. The first-order chi connectivity index (χ1) is 16.4. The third kappa shape index (κ3) is 7.49. The van der Waals surface area contributed by atoms with Crippen LogP contribution in [0.4, 0.5) is 23.7 Å². The average Bonchev–Trinajstić information content (AvgIpc) is 3.60. The van der Waals surface area contributed by atoms with Crippen molar-refractivity contribution in [3.05, 3.63) is 23.8 Å². The van der Waals surface area contributed by atoms with Crippen LogP contribution in [0.2, 0.25) is 0 Å². The Morgan fingerprint density at radius 2 is 1.83 bits per heavy atom. The molecule has 1 heterocycles. The zero-order chi connectivity index (χ0) is 25.8. The van der Waals surface area contributed by atoms with Gasteiger partial charge >= 0.3 is 12.3 Å². The van der Waals surface area contributed by atoms with Crippen LogP contribution < -0.4 is 9.64 Å². The topological polar surface area (TPSA) is 68.3 Å². The van der Waals surface area contributed by atoms with Crippen LogP contribution in [0.5, 0.6) is 5.75 Å². The SMILES string of the molecule is COCCCOc1cc(N(C(=O)[C@@H]2CCCN(C(=O)OC(C)(C)C)C2)C2CC2)ccc1C(F)(F)F. The zero-order valence-electron chi connectivity index (χ0n) is 20.8. The number of anilines is 1. The van der Waals surface area contributed by atoms with Gasteiger partial charge in [-0.1, -0.05) is 0 Å². The molecule has 1 saturated carbocycles. The van der Waals surface area contributed by atoms with Crippen molar-refractivity contribution >= 4 is 17.7 Å². The maximum absolute atomic E-state index is 13.6. The van der Waals surface area contributed by atoms with Gasteiger partial charge in [0.2, 0.25) is 5.91 Å². The highest BCUT2D eigenvalue weighted by atomic mass is 19.4. The highest BCUT2D eigenvalue weighted by molar-refractivity contribution is 5.96. The molecule has 1 aliphatic heterocycles. The highest BCUT2D eigenvalue weighted by Gasteiger charge is 2.41. The number of alkyl halides is 3. The van der Waals surface area contributed by atoms with Crippen LogP contribution in [0.15, 0.2) is 18.2 Å². The van der Waals surface area contributed by atoms with Gasteiger partial charge in [-0.3, -0.25) is 4.79 Å². The maximum Gasteiger partial charge on any atom is 0.419 e. The summed E-state index contributed by atoms with van der Waals surface area (Å²) in [7, 11) is 1.51. The molecule has 1 aromatic carbocycles. The van der Waals surface area contributed by atoms with Gasteiger partial charge in [-0.15, -0.1) is 0 Å². The van der Waals surface area contributed by atoms with E-state index in [0.717, 1.165) is 18.9 Å². The summed E-state index contributed by atoms with van der Waals surface area (Å²) in [6.07, 6.45) is -1.81. The lowest BCUT2D eigenvalue weighted by Crippen LogP contribution is -2.48. The first kappa shape index (κ1) is 27.1. The number of benzene rings is 1. The Bertz CT molecular complexity index is 896. The van der Waals surface area contributed by atoms with Crippen LogP contribution in [0.3, 0.4) is 0 Å². The quantitative estimate of drug-likeness (QED) is 0.456. The van der Waals surface area contributed by atoms with Gasteiger partial charge in [0.25, 0.3) is 0 Å². The van der Waals surface area contributed by atoms with Crippen LogP contribution >= 0.6 is 0 Å². The number of rotatable bonds is 8. The van der Waals surface area contributed by atoms with Crippen LogP contribution in [0.1, 0.15) is 58.4 Å². The van der Waals surface area contributed by atoms with Crippen molar-refractivity contribution in [1.29, 1.82) is 0 Å². The van der Waals surface area contributed by atoms with Crippen molar-refractivity contribution in [3.63, 3.8) is 0 Å². The van der Waals surface area contributed by atoms with Crippen molar-refractivity contribution in [2.24, 2.45) is 5.92 Å². The van der Waals surface area contributed by atoms with Gasteiger partial charge < -0.3 is 24.0 Å². The summed E-state index contributed by atoms with van der Waals surface area (Å²) in [6, 6.07) is 3.53. The van der Waals surface area contributed by atoms with E-state index in [-0.39, 0.29) is 30.9 Å². The molecule has 0 unspecified atom stereocenters. The Morgan fingerprint density at radius 3 is 2.43 bits per heavy atom. The third-order valence-electron chi connectivity index (χ3n) is 5.87. The molecule has 3 rings (SSSR count). The van der Waals surface area contributed by atoms with Gasteiger partial charge in [-0.25, -0.2) is 4.79 Å². The maximum atomic E-state index is 13.6. The van der Waals surface area contributed by atoms with Crippen molar-refractivity contribution < 1.29 is 37.0 Å². The smallest absolute Gasteiger partial charge is 0.419 e. The first-order valence-electron chi connectivity index (χ1n) is 12.0. The van der Waals surface area contributed by atoms with E-state index in [2.05, 4.69) is 0 Å². The molecule has 0 radical (unpaired) electrons. The summed E-state index contributed by atoms with van der Waals surface area (Å²) in [4.78, 5) is 29.3. The van der Waals surface area contributed by atoms with Crippen molar-refractivity contribution in [1.82, 2.24) is 4.90 Å². The Kier molecular flexibility index (Phi) is 8.56. The van der Waals surface area contributed by atoms with E-state index in [1.54, 1.807) is 30.6 Å². The van der Waals surface area contributed by atoms with E-state index in [1.807, 2.05) is 0 Å². The summed E-state index contributed by atoms with van der Waals surface area (Å²) in [5, 5.41) is 0. The lowest BCUT2D eigenvalue weighted by atomic mass is 9.96. The van der Waals surface area contributed by atoms with Gasteiger partial charge in [0, 0.05) is 51.0 Å². The standard InChI is InChI=1S/C25H35F3N2O5/c1-24(2,3)35-23(32)29-12-5-7-17(16-29)22(31)30(18-8-9-18)19-10-11-20(25(26,27)28)21(15-19)34-14-6-13-33-4/h10-11,15,17-18H,5-9,12-14,16H2,1-4H3/t17-/m1/s1. The predicted octanol–water partition coefficient (Wildman–Crippen LogP) is 5.26. The van der Waals surface area contributed by atoms with E-state index in [4.69, 9.17) is 14.2 Å². The molecule has 35 heavy (non-hydrogen) atoms. The van der Waals surface area contributed by atoms with Crippen LogP contribution in [-0.4, -0.2) is 62.0 Å². The third-order valence-corrected chi connectivity index (χ3v) is 5.87. The fraction of sp³-hybridized carbons (Fsp3) is 0.680. The molecule has 0 spiro atoms. The minimum Gasteiger partial charge on any atom is -0.493 e. The molecule has 2 amide bonds. The molecular formula is C25H35F3N2O5. The first-order valence-corrected chi connectivity index (χ1v) is 12.0. The molecule has 0 bridgehead atoms. The van der Waals surface area contributed by atoms with E-state index >= 15 is 0 Å². The summed E-state index contributed by atoms with van der Waals surface area (Å²) in [5.74, 6) is -0.945. The summed E-state index contributed by atoms with van der Waals surface area (Å²) in [5.41, 5.74) is -1.15. The van der Waals surface area contributed by atoms with Gasteiger partial charge in [0.1, 0.15) is 11.4 Å². The number of amides is 2. The molecule has 1 aromatic rings. The number of halogens is 3. The number of carbonyl (C=O) groups excluding carboxylic acids is 2. The number of piperidine rings is 1. The zero-order valence-corrected chi connectivity index (χ0v) is 20.8. The Labute approximate surface area is 204 Å². The van der Waals surface area contributed by atoms with Crippen molar-refractivity contribution in [2.45, 2.75) is 70.7 Å². The molecule has 0 aromatic heterocycles. The molecule has 1 aliphatic carbocycles. The van der Waals surface area contributed by atoms with Crippen LogP contribution in [-0.2, 0) is 20.4 Å². The molecule has 0 N–H and O–H groups in total. The Balaban J connectivity index is 1.81. The molecular weight excluding hydrogens is 465 g/mol. The van der Waals surface area contributed by atoms with Gasteiger partial charge in [0.15, 0.2) is 0 Å². The molecule has 2 aliphatic rings. The van der Waals surface area contributed by atoms with Crippen molar-refractivity contribution in [3.8, 4) is 5.75 Å². The Hall–Kier alpha value is -2.49. The minimum atomic E-state index is -4.58. The number of likely N-dealkylation sites (tertiary alicyclic amines) is 1. The van der Waals surface area contributed by atoms with E-state index < -0.39 is 29.4 Å². The van der Waals surface area contributed by atoms with E-state index in [1.165, 1.54) is 19.2 Å². The minimum absolute atomic E-state index is 0.0607. The number of nitrogens with zero attached hydrogens (tertiary/aromatic N) is 2. The fourth-order valence-electron chi connectivity index (χ4n) is 4.12. The lowest BCUT2D eigenvalue weighted by Gasteiger charge is -2.36. The molecule has 2 fully saturated rings. The van der Waals surface area contributed by atoms with E-state index in [0.29, 0.717) is 38.1 Å². The summed E-state index contributed by atoms with van der Waals surface area (Å²) >= 11 is 0. The highest BCUT2D eigenvalue weighted by Crippen LogP contribution is 2.41. The molecule has 1 saturated heterocycles. The summed E-state index contributed by atoms with van der Waals surface area (Å²) in [6.45, 7) is 6.50. The van der Waals surface area contributed by atoms with Crippen LogP contribution in [0.25, 0.3) is 0 Å². The number of hydrogen-bond acceptors (Lipinski definition) is 5. The van der Waals surface area contributed by atoms with Crippen LogP contribution in [0, 0.1) is 5.92 Å². The number of hydrogen-bond donors (Lipinski definition) is 0. The second-order valence-corrected chi connectivity index (χ2v) is 10.1. The average molecular weight is 501 g/mol. The molecule has 7 nitrogen and oxygen atoms in total. The van der Waals surface area contributed by atoms with E-state index in [9.17, 15) is 22.8 Å². The Morgan fingerprint density at radius 1 is 1.11 bits per heavy atom. The summed E-state index contributed by atoms with van der Waals surface area (Å²) < 4.78 is 56.6. The number of methoxy groups -OCH3 is 1. The predicted molar refractivity (Wildman–Crippen MR) is 124 cm³/mol. The van der Waals surface area contributed by atoms with Crippen molar-refractivity contribution in [2.75, 3.05) is 38.3 Å². The van der Waals surface area contributed by atoms with Gasteiger partial charge in [0.05, 0.1) is 18.1 Å². The molecule has 1 atom stereocenters. The molecule has 196 valence electrons. The number of carbonyl (C=O) groups is 2. The molecule has 10 heteroatoms. The van der Waals surface area contributed by atoms with Gasteiger partial charge in [-0.2, -0.15) is 13.2 Å². The largest absolute Gasteiger partial charge is 0.493 e. The van der Waals surface area contributed by atoms with Gasteiger partial charge in [-0.05, 0) is 58.6 Å². The monoisotopic (exact) mass is 500 g/mol. The number of ether oxygens (including phenoxy) is 3. The fourth-order valence-corrected chi connectivity index (χ4v) is 4.12. The second kappa shape index (κ2) is 11.1.